The highest BCUT2D eigenvalue weighted by atomic mass is 16.6. The lowest BCUT2D eigenvalue weighted by Crippen LogP contribution is -2.27. The molecule has 0 spiro atoms. The Labute approximate surface area is 114 Å². The number of nitrogens with two attached hydrogens (primary N) is 1. The van der Waals surface area contributed by atoms with Crippen molar-refractivity contribution in [2.75, 3.05) is 5.32 Å². The molecule has 104 valence electrons. The second-order valence-corrected chi connectivity index (χ2v) is 5.33. The molecule has 3 N–H and O–H groups in total. The van der Waals surface area contributed by atoms with Crippen LogP contribution in [0.5, 0.6) is 0 Å². The fourth-order valence-corrected chi connectivity index (χ4v) is 2.56. The first-order valence-corrected chi connectivity index (χ1v) is 6.94. The number of rotatable bonds is 3. The minimum Gasteiger partial charge on any atom is -0.446 e. The zero-order chi connectivity index (χ0) is 13.7. The van der Waals surface area contributed by atoms with Crippen molar-refractivity contribution in [2.45, 2.75) is 45.3 Å². The van der Waals surface area contributed by atoms with E-state index in [0.29, 0.717) is 12.5 Å². The average molecular weight is 262 g/mol. The largest absolute Gasteiger partial charge is 0.446 e. The molecule has 4 nitrogen and oxygen atoms in total. The maximum Gasteiger partial charge on any atom is 0.411 e. The summed E-state index contributed by atoms with van der Waals surface area (Å²) >= 11 is 0. The van der Waals surface area contributed by atoms with Crippen molar-refractivity contribution < 1.29 is 9.53 Å². The monoisotopic (exact) mass is 262 g/mol. The lowest BCUT2D eigenvalue weighted by atomic mass is 9.89. The molecule has 4 heteroatoms. The Kier molecular flexibility index (Phi) is 4.80. The van der Waals surface area contributed by atoms with Gasteiger partial charge in [-0.25, -0.2) is 4.79 Å². The van der Waals surface area contributed by atoms with Crippen LogP contribution in [-0.4, -0.2) is 12.2 Å². The fraction of sp³-hybridized carbons (Fsp3) is 0.533. The molecular formula is C15H22N2O2. The van der Waals surface area contributed by atoms with Gasteiger partial charge in [-0.3, -0.25) is 5.32 Å². The zero-order valence-corrected chi connectivity index (χ0v) is 11.4. The Morgan fingerprint density at radius 3 is 3.05 bits per heavy atom. The molecule has 0 bridgehead atoms. The molecule has 2 rings (SSSR count). The van der Waals surface area contributed by atoms with Gasteiger partial charge in [-0.1, -0.05) is 25.5 Å². The van der Waals surface area contributed by atoms with Crippen molar-refractivity contribution in [2.24, 2.45) is 11.7 Å². The molecule has 1 fully saturated rings. The van der Waals surface area contributed by atoms with Gasteiger partial charge in [-0.15, -0.1) is 0 Å². The SMILES string of the molecule is CC1CCCC(OC(=O)Nc2cccc(CN)c2)C1. The van der Waals surface area contributed by atoms with Crippen LogP contribution in [0.3, 0.4) is 0 Å². The Balaban J connectivity index is 1.86. The first-order valence-electron chi connectivity index (χ1n) is 6.94. The van der Waals surface area contributed by atoms with Crippen LogP contribution < -0.4 is 11.1 Å². The number of hydrogen-bond acceptors (Lipinski definition) is 3. The summed E-state index contributed by atoms with van der Waals surface area (Å²) in [6.45, 7) is 2.67. The average Bonchev–Trinajstić information content (AvgIpc) is 2.38. The van der Waals surface area contributed by atoms with Gasteiger partial charge in [-0.05, 0) is 42.9 Å². The van der Waals surface area contributed by atoms with E-state index in [1.54, 1.807) is 0 Å². The molecule has 1 saturated carbocycles. The van der Waals surface area contributed by atoms with Crippen molar-refractivity contribution >= 4 is 11.8 Å². The molecule has 0 saturated heterocycles. The molecule has 2 unspecified atom stereocenters. The molecule has 0 aliphatic heterocycles. The molecule has 0 radical (unpaired) electrons. The van der Waals surface area contributed by atoms with Gasteiger partial charge in [0.05, 0.1) is 0 Å². The number of carbonyl (C=O) groups excluding carboxylic acids is 1. The smallest absolute Gasteiger partial charge is 0.411 e. The molecule has 0 aromatic heterocycles. The van der Waals surface area contributed by atoms with Crippen LogP contribution >= 0.6 is 0 Å². The maximum atomic E-state index is 11.8. The molecular weight excluding hydrogens is 240 g/mol. The van der Waals surface area contributed by atoms with E-state index in [-0.39, 0.29) is 12.2 Å². The second kappa shape index (κ2) is 6.57. The summed E-state index contributed by atoms with van der Waals surface area (Å²) in [5.41, 5.74) is 7.29. The molecule has 1 aliphatic carbocycles. The van der Waals surface area contributed by atoms with E-state index in [1.165, 1.54) is 6.42 Å². The standard InChI is InChI=1S/C15H22N2O2/c1-11-4-2-7-14(8-11)19-15(18)17-13-6-3-5-12(9-13)10-16/h3,5-6,9,11,14H,2,4,7-8,10,16H2,1H3,(H,17,18). The van der Waals surface area contributed by atoms with E-state index in [0.717, 1.165) is 30.5 Å². The van der Waals surface area contributed by atoms with Gasteiger partial charge < -0.3 is 10.5 Å². The second-order valence-electron chi connectivity index (χ2n) is 5.33. The van der Waals surface area contributed by atoms with Crippen molar-refractivity contribution in [3.05, 3.63) is 29.8 Å². The highest BCUT2D eigenvalue weighted by molar-refractivity contribution is 5.84. The molecule has 1 amide bonds. The lowest BCUT2D eigenvalue weighted by molar-refractivity contribution is 0.0724. The predicted octanol–water partition coefficient (Wildman–Crippen LogP) is 3.27. The molecule has 1 aliphatic rings. The van der Waals surface area contributed by atoms with E-state index in [9.17, 15) is 4.79 Å². The van der Waals surface area contributed by atoms with E-state index in [4.69, 9.17) is 10.5 Å². The fourth-order valence-electron chi connectivity index (χ4n) is 2.56. The quantitative estimate of drug-likeness (QED) is 0.878. The van der Waals surface area contributed by atoms with Crippen LogP contribution in [0.15, 0.2) is 24.3 Å². The van der Waals surface area contributed by atoms with Crippen LogP contribution in [0.2, 0.25) is 0 Å². The van der Waals surface area contributed by atoms with E-state index in [2.05, 4.69) is 12.2 Å². The summed E-state index contributed by atoms with van der Waals surface area (Å²) in [6, 6.07) is 7.51. The molecule has 1 aromatic carbocycles. The topological polar surface area (TPSA) is 64.3 Å². The summed E-state index contributed by atoms with van der Waals surface area (Å²) in [7, 11) is 0. The Morgan fingerprint density at radius 1 is 1.47 bits per heavy atom. The molecule has 1 aromatic rings. The Hall–Kier alpha value is -1.55. The number of ether oxygens (including phenoxy) is 1. The Morgan fingerprint density at radius 2 is 2.32 bits per heavy atom. The van der Waals surface area contributed by atoms with Crippen LogP contribution in [0, 0.1) is 5.92 Å². The summed E-state index contributed by atoms with van der Waals surface area (Å²) < 4.78 is 5.46. The highest BCUT2D eigenvalue weighted by Crippen LogP contribution is 2.26. The number of amides is 1. The van der Waals surface area contributed by atoms with E-state index in [1.807, 2.05) is 24.3 Å². The van der Waals surface area contributed by atoms with Gasteiger partial charge in [0.1, 0.15) is 6.10 Å². The summed E-state index contributed by atoms with van der Waals surface area (Å²) in [6.07, 6.45) is 4.01. The van der Waals surface area contributed by atoms with E-state index >= 15 is 0 Å². The summed E-state index contributed by atoms with van der Waals surface area (Å²) in [5.74, 6) is 0.645. The third kappa shape index (κ3) is 4.24. The van der Waals surface area contributed by atoms with Gasteiger partial charge >= 0.3 is 6.09 Å². The van der Waals surface area contributed by atoms with Crippen LogP contribution in [0.25, 0.3) is 0 Å². The van der Waals surface area contributed by atoms with Crippen molar-refractivity contribution in [3.8, 4) is 0 Å². The van der Waals surface area contributed by atoms with Crippen molar-refractivity contribution in [1.29, 1.82) is 0 Å². The van der Waals surface area contributed by atoms with Crippen LogP contribution in [0.4, 0.5) is 10.5 Å². The van der Waals surface area contributed by atoms with Gasteiger partial charge in [-0.2, -0.15) is 0 Å². The van der Waals surface area contributed by atoms with E-state index < -0.39 is 0 Å². The lowest BCUT2D eigenvalue weighted by Gasteiger charge is -2.26. The summed E-state index contributed by atoms with van der Waals surface area (Å²) in [5, 5.41) is 2.76. The third-order valence-electron chi connectivity index (χ3n) is 3.57. The minimum absolute atomic E-state index is 0.0569. The molecule has 19 heavy (non-hydrogen) atoms. The Bertz CT molecular complexity index is 434. The zero-order valence-electron chi connectivity index (χ0n) is 11.4. The molecule has 2 atom stereocenters. The normalized spacial score (nSPS) is 22.8. The first-order chi connectivity index (χ1) is 9.17. The third-order valence-corrected chi connectivity index (χ3v) is 3.57. The number of anilines is 1. The van der Waals surface area contributed by atoms with Crippen molar-refractivity contribution in [1.82, 2.24) is 0 Å². The van der Waals surface area contributed by atoms with Gasteiger partial charge in [0, 0.05) is 12.2 Å². The van der Waals surface area contributed by atoms with Gasteiger partial charge in [0.25, 0.3) is 0 Å². The number of carbonyl (C=O) groups is 1. The highest BCUT2D eigenvalue weighted by Gasteiger charge is 2.22. The van der Waals surface area contributed by atoms with Gasteiger partial charge in [0.2, 0.25) is 0 Å². The summed E-state index contributed by atoms with van der Waals surface area (Å²) in [4.78, 5) is 11.8. The molecule has 0 heterocycles. The number of hydrogen-bond donors (Lipinski definition) is 2. The van der Waals surface area contributed by atoms with Crippen LogP contribution in [-0.2, 0) is 11.3 Å². The minimum atomic E-state index is -0.367. The van der Waals surface area contributed by atoms with Crippen LogP contribution in [0.1, 0.15) is 38.2 Å². The van der Waals surface area contributed by atoms with Gasteiger partial charge in [0.15, 0.2) is 0 Å². The maximum absolute atomic E-state index is 11.8. The predicted molar refractivity (Wildman–Crippen MR) is 75.9 cm³/mol. The number of benzene rings is 1. The first kappa shape index (κ1) is 13.9. The number of nitrogens with one attached hydrogen (secondary N) is 1. The van der Waals surface area contributed by atoms with Crippen molar-refractivity contribution in [3.63, 3.8) is 0 Å².